The fourth-order valence-corrected chi connectivity index (χ4v) is 3.87. The fraction of sp³-hybridized carbons (Fsp3) is 0.636. The van der Waals surface area contributed by atoms with Crippen molar-refractivity contribution in [3.05, 3.63) is 33.9 Å². The first kappa shape index (κ1) is 24.6. The van der Waals surface area contributed by atoms with E-state index in [4.69, 9.17) is 9.47 Å². The minimum absolute atomic E-state index is 0.00177. The summed E-state index contributed by atoms with van der Waals surface area (Å²) >= 11 is 0. The van der Waals surface area contributed by atoms with Gasteiger partial charge in [-0.25, -0.2) is 0 Å². The lowest BCUT2D eigenvalue weighted by Gasteiger charge is -2.34. The van der Waals surface area contributed by atoms with Crippen LogP contribution in [0.5, 0.6) is 5.75 Å². The van der Waals surface area contributed by atoms with Gasteiger partial charge in [0.15, 0.2) is 0 Å². The molecule has 1 saturated carbocycles. The number of nitro groups is 1. The lowest BCUT2D eigenvalue weighted by molar-refractivity contribution is -0.386. The van der Waals surface area contributed by atoms with Crippen LogP contribution in [0.15, 0.2) is 18.2 Å². The monoisotopic (exact) mass is 436 g/mol. The largest absolute Gasteiger partial charge is 0.493 e. The summed E-state index contributed by atoms with van der Waals surface area (Å²) < 4.78 is 10.6. The molecule has 31 heavy (non-hydrogen) atoms. The molecule has 0 aliphatic heterocycles. The summed E-state index contributed by atoms with van der Waals surface area (Å²) in [5, 5.41) is 20.9. The Morgan fingerprint density at radius 2 is 1.97 bits per heavy atom. The van der Waals surface area contributed by atoms with Crippen molar-refractivity contribution in [2.75, 3.05) is 19.8 Å². The van der Waals surface area contributed by atoms with Crippen molar-refractivity contribution in [1.82, 2.24) is 4.90 Å². The second-order valence-corrected chi connectivity index (χ2v) is 7.82. The van der Waals surface area contributed by atoms with Gasteiger partial charge in [0.2, 0.25) is 5.91 Å². The summed E-state index contributed by atoms with van der Waals surface area (Å²) in [6.45, 7) is 3.62. The maximum absolute atomic E-state index is 12.8. The van der Waals surface area contributed by atoms with Crippen LogP contribution in [0.1, 0.15) is 70.5 Å². The van der Waals surface area contributed by atoms with Gasteiger partial charge in [0.1, 0.15) is 12.4 Å². The molecule has 1 unspecified atom stereocenters. The van der Waals surface area contributed by atoms with Crippen LogP contribution in [0.3, 0.4) is 0 Å². The van der Waals surface area contributed by atoms with E-state index in [1.807, 2.05) is 4.90 Å². The zero-order chi connectivity index (χ0) is 22.8. The Bertz CT molecular complexity index is 760. The molecule has 2 rings (SSSR count). The number of aliphatic hydroxyl groups is 1. The lowest BCUT2D eigenvalue weighted by atomic mass is 9.94. The van der Waals surface area contributed by atoms with Gasteiger partial charge in [-0.15, -0.1) is 0 Å². The van der Waals surface area contributed by atoms with Gasteiger partial charge in [-0.05, 0) is 38.3 Å². The molecule has 1 aliphatic rings. The molecule has 9 nitrogen and oxygen atoms in total. The molecular weight excluding hydrogens is 404 g/mol. The van der Waals surface area contributed by atoms with Crippen LogP contribution in [0.25, 0.3) is 0 Å². The van der Waals surface area contributed by atoms with E-state index in [-0.39, 0.29) is 48.8 Å². The molecule has 0 spiro atoms. The van der Waals surface area contributed by atoms with Crippen molar-refractivity contribution in [2.24, 2.45) is 0 Å². The van der Waals surface area contributed by atoms with Gasteiger partial charge in [0.25, 0.3) is 5.69 Å². The topological polar surface area (TPSA) is 119 Å². The number of ether oxygens (including phenoxy) is 2. The molecule has 1 atom stereocenters. The highest BCUT2D eigenvalue weighted by Gasteiger charge is 2.25. The Morgan fingerprint density at radius 3 is 2.58 bits per heavy atom. The summed E-state index contributed by atoms with van der Waals surface area (Å²) in [7, 11) is 0. The van der Waals surface area contributed by atoms with Crippen molar-refractivity contribution < 1.29 is 29.1 Å². The maximum Gasteiger partial charge on any atom is 0.302 e. The van der Waals surface area contributed by atoms with Crippen LogP contribution in [0, 0.1) is 10.1 Å². The van der Waals surface area contributed by atoms with Gasteiger partial charge in [0, 0.05) is 19.4 Å². The highest BCUT2D eigenvalue weighted by molar-refractivity contribution is 5.76. The van der Waals surface area contributed by atoms with E-state index in [1.165, 1.54) is 32.4 Å². The third kappa shape index (κ3) is 7.82. The number of aliphatic hydroxyl groups excluding tert-OH is 1. The maximum atomic E-state index is 12.8. The van der Waals surface area contributed by atoms with Gasteiger partial charge in [0.05, 0.1) is 35.8 Å². The van der Waals surface area contributed by atoms with E-state index in [0.29, 0.717) is 18.7 Å². The van der Waals surface area contributed by atoms with Crippen molar-refractivity contribution in [3.63, 3.8) is 0 Å². The van der Waals surface area contributed by atoms with Crippen molar-refractivity contribution >= 4 is 17.6 Å². The first-order valence-corrected chi connectivity index (χ1v) is 10.8. The van der Waals surface area contributed by atoms with Crippen molar-refractivity contribution in [3.8, 4) is 5.75 Å². The molecule has 0 radical (unpaired) electrons. The summed E-state index contributed by atoms with van der Waals surface area (Å²) in [5.74, 6) is -0.0409. The number of esters is 1. The van der Waals surface area contributed by atoms with Crippen LogP contribution >= 0.6 is 0 Å². The van der Waals surface area contributed by atoms with Crippen LogP contribution in [0.2, 0.25) is 0 Å². The molecular formula is C22H32N2O7. The van der Waals surface area contributed by atoms with Crippen LogP contribution in [-0.2, 0) is 14.3 Å². The van der Waals surface area contributed by atoms with Gasteiger partial charge in [-0.2, -0.15) is 0 Å². The number of carbonyl (C=O) groups is 2. The molecule has 0 saturated heterocycles. The van der Waals surface area contributed by atoms with Gasteiger partial charge < -0.3 is 19.5 Å². The third-order valence-corrected chi connectivity index (χ3v) is 5.43. The third-order valence-electron chi connectivity index (χ3n) is 5.43. The van der Waals surface area contributed by atoms with Crippen molar-refractivity contribution in [1.29, 1.82) is 0 Å². The molecule has 0 heterocycles. The minimum atomic E-state index is -0.954. The van der Waals surface area contributed by atoms with Gasteiger partial charge in [-0.1, -0.05) is 19.3 Å². The molecule has 1 aromatic rings. The van der Waals surface area contributed by atoms with E-state index in [9.17, 15) is 24.8 Å². The minimum Gasteiger partial charge on any atom is -0.493 e. The summed E-state index contributed by atoms with van der Waals surface area (Å²) in [6.07, 6.45) is 5.06. The van der Waals surface area contributed by atoms with Crippen LogP contribution in [-0.4, -0.2) is 52.6 Å². The quantitative estimate of drug-likeness (QED) is 0.244. The van der Waals surface area contributed by atoms with Crippen LogP contribution in [0.4, 0.5) is 5.69 Å². The lowest BCUT2D eigenvalue weighted by Crippen LogP contribution is -2.43. The Balaban J connectivity index is 1.88. The number of nitrogens with zero attached hydrogens (tertiary/aromatic N) is 2. The summed E-state index contributed by atoms with van der Waals surface area (Å²) in [5.41, 5.74) is 0.0287. The average Bonchev–Trinajstić information content (AvgIpc) is 2.74. The fourth-order valence-electron chi connectivity index (χ4n) is 3.87. The number of rotatable bonds is 11. The zero-order valence-corrected chi connectivity index (χ0v) is 18.2. The highest BCUT2D eigenvalue weighted by Crippen LogP contribution is 2.29. The van der Waals surface area contributed by atoms with E-state index in [1.54, 1.807) is 6.07 Å². The molecule has 1 amide bonds. The van der Waals surface area contributed by atoms with Gasteiger partial charge in [-0.3, -0.25) is 19.7 Å². The SMILES string of the molecule is CC(=O)OCCN(C(=O)CCCOc1ccc(C(C)O)c([N+](=O)[O-])c1)C1CCCCC1. The Labute approximate surface area is 182 Å². The first-order chi connectivity index (χ1) is 14.8. The zero-order valence-electron chi connectivity index (χ0n) is 18.2. The number of benzene rings is 1. The standard InChI is InChI=1S/C22H32N2O7/c1-16(25)20-11-10-19(15-21(20)24(28)29)31-13-6-9-22(27)23(12-14-30-17(2)26)18-7-4-3-5-8-18/h10-11,15-16,18,25H,3-9,12-14H2,1-2H3. The van der Waals surface area contributed by atoms with E-state index < -0.39 is 11.0 Å². The second-order valence-electron chi connectivity index (χ2n) is 7.82. The Kier molecular flexibility index (Phi) is 9.71. The van der Waals surface area contributed by atoms with E-state index in [2.05, 4.69) is 0 Å². The van der Waals surface area contributed by atoms with E-state index >= 15 is 0 Å². The number of carbonyl (C=O) groups excluding carboxylic acids is 2. The normalized spacial score (nSPS) is 15.2. The molecule has 1 aromatic carbocycles. The predicted molar refractivity (Wildman–Crippen MR) is 114 cm³/mol. The number of hydrogen-bond donors (Lipinski definition) is 1. The molecule has 1 aliphatic carbocycles. The predicted octanol–water partition coefficient (Wildman–Crippen LogP) is 3.53. The number of nitro benzene ring substituents is 1. The summed E-state index contributed by atoms with van der Waals surface area (Å²) in [6, 6.07) is 4.51. The number of amides is 1. The van der Waals surface area contributed by atoms with Crippen LogP contribution < -0.4 is 4.74 Å². The molecule has 1 N–H and O–H groups in total. The molecule has 1 fully saturated rings. The highest BCUT2D eigenvalue weighted by atomic mass is 16.6. The smallest absolute Gasteiger partial charge is 0.302 e. The first-order valence-electron chi connectivity index (χ1n) is 10.8. The molecule has 0 bridgehead atoms. The Morgan fingerprint density at radius 1 is 1.26 bits per heavy atom. The van der Waals surface area contributed by atoms with E-state index in [0.717, 1.165) is 25.7 Å². The molecule has 9 heteroatoms. The van der Waals surface area contributed by atoms with Crippen molar-refractivity contribution in [2.45, 2.75) is 70.9 Å². The number of hydrogen-bond acceptors (Lipinski definition) is 7. The molecule has 0 aromatic heterocycles. The average molecular weight is 437 g/mol. The second kappa shape index (κ2) is 12.2. The summed E-state index contributed by atoms with van der Waals surface area (Å²) in [4.78, 5) is 36.3. The molecule has 172 valence electrons. The van der Waals surface area contributed by atoms with Gasteiger partial charge >= 0.3 is 5.97 Å². The Hall–Kier alpha value is -2.68.